The summed E-state index contributed by atoms with van der Waals surface area (Å²) in [5.74, 6) is 0. The molecule has 0 nitrogen and oxygen atoms in total. The zero-order valence-corrected chi connectivity index (χ0v) is 8.98. The highest BCUT2D eigenvalue weighted by molar-refractivity contribution is 4.97. The average Bonchev–Trinajstić information content (AvgIpc) is 2.02. The van der Waals surface area contributed by atoms with Crippen molar-refractivity contribution in [2.24, 2.45) is 5.41 Å². The van der Waals surface area contributed by atoms with E-state index >= 15 is 0 Å². The SMILES string of the molecule is C=CCC(C)(CC)CC=C(C)C. The van der Waals surface area contributed by atoms with Gasteiger partial charge in [0, 0.05) is 0 Å². The quantitative estimate of drug-likeness (QED) is 0.533. The Morgan fingerprint density at radius 2 is 1.92 bits per heavy atom. The fourth-order valence-electron chi connectivity index (χ4n) is 1.17. The summed E-state index contributed by atoms with van der Waals surface area (Å²) < 4.78 is 0. The Hall–Kier alpha value is -0.520. The van der Waals surface area contributed by atoms with Crippen molar-refractivity contribution >= 4 is 0 Å². The highest BCUT2D eigenvalue weighted by Gasteiger charge is 2.18. The lowest BCUT2D eigenvalue weighted by molar-refractivity contribution is 0.319. The number of allylic oxidation sites excluding steroid dienone is 3. The van der Waals surface area contributed by atoms with Crippen molar-refractivity contribution in [1.29, 1.82) is 0 Å². The van der Waals surface area contributed by atoms with Gasteiger partial charge in [0.15, 0.2) is 0 Å². The lowest BCUT2D eigenvalue weighted by Crippen LogP contribution is -2.12. The minimum absolute atomic E-state index is 0.430. The van der Waals surface area contributed by atoms with Crippen LogP contribution in [0.1, 0.15) is 47.0 Å². The molecule has 0 aliphatic heterocycles. The maximum Gasteiger partial charge on any atom is -0.0259 e. The van der Waals surface area contributed by atoms with Crippen LogP contribution >= 0.6 is 0 Å². The van der Waals surface area contributed by atoms with E-state index in [2.05, 4.69) is 40.3 Å². The molecule has 0 saturated carbocycles. The summed E-state index contributed by atoms with van der Waals surface area (Å²) >= 11 is 0. The lowest BCUT2D eigenvalue weighted by Gasteiger charge is -2.25. The Balaban J connectivity index is 4.13. The third kappa shape index (κ3) is 4.38. The molecule has 0 rings (SSSR count). The molecule has 12 heavy (non-hydrogen) atoms. The maximum absolute atomic E-state index is 3.80. The molecule has 0 aliphatic rings. The summed E-state index contributed by atoms with van der Waals surface area (Å²) in [7, 11) is 0. The highest BCUT2D eigenvalue weighted by Crippen LogP contribution is 2.31. The number of hydrogen-bond acceptors (Lipinski definition) is 0. The molecule has 0 spiro atoms. The molecule has 0 N–H and O–H groups in total. The van der Waals surface area contributed by atoms with Crippen molar-refractivity contribution in [2.75, 3.05) is 0 Å². The topological polar surface area (TPSA) is 0 Å². The first-order chi connectivity index (χ1) is 5.54. The van der Waals surface area contributed by atoms with Crippen LogP contribution in [0.5, 0.6) is 0 Å². The fourth-order valence-corrected chi connectivity index (χ4v) is 1.17. The van der Waals surface area contributed by atoms with Gasteiger partial charge in [-0.25, -0.2) is 0 Å². The van der Waals surface area contributed by atoms with Crippen LogP contribution in [-0.2, 0) is 0 Å². The van der Waals surface area contributed by atoms with Crippen LogP contribution in [0, 0.1) is 5.41 Å². The van der Waals surface area contributed by atoms with Crippen molar-refractivity contribution in [2.45, 2.75) is 47.0 Å². The van der Waals surface area contributed by atoms with Gasteiger partial charge in [-0.15, -0.1) is 6.58 Å². The van der Waals surface area contributed by atoms with Gasteiger partial charge in [-0.05, 0) is 32.1 Å². The Morgan fingerprint density at radius 1 is 1.33 bits per heavy atom. The molecule has 0 heterocycles. The molecule has 0 radical (unpaired) electrons. The molecule has 0 aromatic rings. The van der Waals surface area contributed by atoms with Crippen LogP contribution < -0.4 is 0 Å². The predicted molar refractivity (Wildman–Crippen MR) is 57.3 cm³/mol. The normalized spacial score (nSPS) is 15.0. The smallest absolute Gasteiger partial charge is 0.0259 e. The second kappa shape index (κ2) is 5.18. The van der Waals surface area contributed by atoms with E-state index in [4.69, 9.17) is 0 Å². The second-order valence-corrected chi connectivity index (χ2v) is 4.14. The maximum atomic E-state index is 3.80. The third-order valence-corrected chi connectivity index (χ3v) is 2.49. The predicted octanol–water partition coefficient (Wildman–Crippen LogP) is 4.34. The minimum atomic E-state index is 0.430. The molecule has 0 aromatic heterocycles. The molecule has 0 saturated heterocycles. The lowest BCUT2D eigenvalue weighted by atomic mass is 9.80. The van der Waals surface area contributed by atoms with E-state index in [0.29, 0.717) is 5.41 Å². The standard InChI is InChI=1S/C12H22/c1-6-9-12(5,7-2)10-8-11(3)4/h6,8H,1,7,9-10H2,2-5H3. The molecule has 0 heteroatoms. The van der Waals surface area contributed by atoms with Gasteiger partial charge in [-0.2, -0.15) is 0 Å². The molecule has 1 atom stereocenters. The first-order valence-corrected chi connectivity index (χ1v) is 4.78. The van der Waals surface area contributed by atoms with E-state index < -0.39 is 0 Å². The Bertz CT molecular complexity index is 161. The summed E-state index contributed by atoms with van der Waals surface area (Å²) in [5.41, 5.74) is 1.85. The fraction of sp³-hybridized carbons (Fsp3) is 0.667. The summed E-state index contributed by atoms with van der Waals surface area (Å²) in [6, 6.07) is 0. The highest BCUT2D eigenvalue weighted by atomic mass is 14.2. The van der Waals surface area contributed by atoms with E-state index in [9.17, 15) is 0 Å². The van der Waals surface area contributed by atoms with Gasteiger partial charge in [0.2, 0.25) is 0 Å². The van der Waals surface area contributed by atoms with E-state index in [1.54, 1.807) is 0 Å². The molecular weight excluding hydrogens is 144 g/mol. The zero-order valence-electron chi connectivity index (χ0n) is 8.98. The van der Waals surface area contributed by atoms with Crippen LogP contribution in [0.25, 0.3) is 0 Å². The summed E-state index contributed by atoms with van der Waals surface area (Å²) in [6.45, 7) is 12.7. The molecule has 0 bridgehead atoms. The average molecular weight is 166 g/mol. The first kappa shape index (κ1) is 11.5. The largest absolute Gasteiger partial charge is 0.103 e. The Kier molecular flexibility index (Phi) is 4.96. The van der Waals surface area contributed by atoms with E-state index in [1.807, 2.05) is 6.08 Å². The van der Waals surface area contributed by atoms with Crippen LogP contribution in [-0.4, -0.2) is 0 Å². The third-order valence-electron chi connectivity index (χ3n) is 2.49. The van der Waals surface area contributed by atoms with Crippen LogP contribution in [0.15, 0.2) is 24.3 Å². The second-order valence-electron chi connectivity index (χ2n) is 4.14. The molecule has 0 aliphatic carbocycles. The molecule has 1 unspecified atom stereocenters. The van der Waals surface area contributed by atoms with Gasteiger partial charge < -0.3 is 0 Å². The number of rotatable bonds is 5. The number of hydrogen-bond donors (Lipinski definition) is 0. The van der Waals surface area contributed by atoms with Crippen molar-refractivity contribution in [1.82, 2.24) is 0 Å². The van der Waals surface area contributed by atoms with Gasteiger partial charge in [0.25, 0.3) is 0 Å². The molecule has 0 amide bonds. The minimum Gasteiger partial charge on any atom is -0.103 e. The van der Waals surface area contributed by atoms with Crippen LogP contribution in [0.2, 0.25) is 0 Å². The van der Waals surface area contributed by atoms with Gasteiger partial charge in [-0.1, -0.05) is 38.0 Å². The molecular formula is C12H22. The monoisotopic (exact) mass is 166 g/mol. The van der Waals surface area contributed by atoms with Gasteiger partial charge in [-0.3, -0.25) is 0 Å². The van der Waals surface area contributed by atoms with Gasteiger partial charge in [0.05, 0.1) is 0 Å². The van der Waals surface area contributed by atoms with Gasteiger partial charge >= 0.3 is 0 Å². The van der Waals surface area contributed by atoms with E-state index in [-0.39, 0.29) is 0 Å². The zero-order chi connectivity index (χ0) is 9.61. The van der Waals surface area contributed by atoms with Crippen molar-refractivity contribution in [3.63, 3.8) is 0 Å². The van der Waals surface area contributed by atoms with E-state index in [1.165, 1.54) is 18.4 Å². The summed E-state index contributed by atoms with van der Waals surface area (Å²) in [5, 5.41) is 0. The molecule has 70 valence electrons. The van der Waals surface area contributed by atoms with Crippen molar-refractivity contribution in [3.8, 4) is 0 Å². The van der Waals surface area contributed by atoms with Gasteiger partial charge in [0.1, 0.15) is 0 Å². The van der Waals surface area contributed by atoms with Crippen molar-refractivity contribution in [3.05, 3.63) is 24.3 Å². The molecule has 0 aromatic carbocycles. The Labute approximate surface area is 77.4 Å². The first-order valence-electron chi connectivity index (χ1n) is 4.78. The summed E-state index contributed by atoms with van der Waals surface area (Å²) in [6.07, 6.45) is 7.88. The van der Waals surface area contributed by atoms with Crippen molar-refractivity contribution < 1.29 is 0 Å². The summed E-state index contributed by atoms with van der Waals surface area (Å²) in [4.78, 5) is 0. The molecule has 0 fully saturated rings. The van der Waals surface area contributed by atoms with Crippen LogP contribution in [0.3, 0.4) is 0 Å². The Morgan fingerprint density at radius 3 is 2.25 bits per heavy atom. The van der Waals surface area contributed by atoms with E-state index in [0.717, 1.165) is 6.42 Å². The van der Waals surface area contributed by atoms with Crippen LogP contribution in [0.4, 0.5) is 0 Å².